The van der Waals surface area contributed by atoms with Crippen molar-refractivity contribution in [2.75, 3.05) is 6.61 Å². The SMILES string of the molecule is O=C(O)CCc1ccc2c(c1)CCOC2. The number of fused-ring (bicyclic) bond motifs is 1. The van der Waals surface area contributed by atoms with E-state index in [4.69, 9.17) is 9.84 Å². The van der Waals surface area contributed by atoms with E-state index < -0.39 is 5.97 Å². The molecular formula is C12H14O3. The molecule has 0 radical (unpaired) electrons. The lowest BCUT2D eigenvalue weighted by Gasteiger charge is -2.17. The molecule has 1 aliphatic rings. The first-order valence-corrected chi connectivity index (χ1v) is 5.16. The highest BCUT2D eigenvalue weighted by atomic mass is 16.5. The smallest absolute Gasteiger partial charge is 0.303 e. The summed E-state index contributed by atoms with van der Waals surface area (Å²) in [5.74, 6) is -0.740. The normalized spacial score (nSPS) is 14.7. The Labute approximate surface area is 88.7 Å². The first kappa shape index (κ1) is 10.2. The van der Waals surface area contributed by atoms with Crippen molar-refractivity contribution >= 4 is 5.97 Å². The fourth-order valence-corrected chi connectivity index (χ4v) is 1.82. The van der Waals surface area contributed by atoms with Crippen molar-refractivity contribution in [2.24, 2.45) is 0 Å². The van der Waals surface area contributed by atoms with Gasteiger partial charge in [0.05, 0.1) is 13.2 Å². The number of aliphatic carboxylic acids is 1. The summed E-state index contributed by atoms with van der Waals surface area (Å²) in [5.41, 5.74) is 3.66. The van der Waals surface area contributed by atoms with E-state index in [1.54, 1.807) is 0 Å². The molecule has 0 unspecified atom stereocenters. The lowest BCUT2D eigenvalue weighted by Crippen LogP contribution is -2.10. The van der Waals surface area contributed by atoms with Crippen LogP contribution in [-0.2, 0) is 29.0 Å². The first-order valence-electron chi connectivity index (χ1n) is 5.16. The molecule has 0 aliphatic carbocycles. The van der Waals surface area contributed by atoms with Gasteiger partial charge in [0.25, 0.3) is 0 Å². The maximum absolute atomic E-state index is 10.4. The summed E-state index contributed by atoms with van der Waals surface area (Å²) in [4.78, 5) is 10.4. The van der Waals surface area contributed by atoms with Gasteiger partial charge in [-0.1, -0.05) is 18.2 Å². The summed E-state index contributed by atoms with van der Waals surface area (Å²) >= 11 is 0. The molecular weight excluding hydrogens is 192 g/mol. The quantitative estimate of drug-likeness (QED) is 0.819. The zero-order valence-electron chi connectivity index (χ0n) is 8.53. The van der Waals surface area contributed by atoms with Crippen LogP contribution < -0.4 is 0 Å². The van der Waals surface area contributed by atoms with Crippen LogP contribution in [0.4, 0.5) is 0 Å². The molecule has 1 heterocycles. The van der Waals surface area contributed by atoms with E-state index in [-0.39, 0.29) is 6.42 Å². The third-order valence-corrected chi connectivity index (χ3v) is 2.67. The second-order valence-corrected chi connectivity index (χ2v) is 3.80. The van der Waals surface area contributed by atoms with Crippen molar-refractivity contribution in [2.45, 2.75) is 25.9 Å². The highest BCUT2D eigenvalue weighted by molar-refractivity contribution is 5.67. The van der Waals surface area contributed by atoms with Crippen LogP contribution in [-0.4, -0.2) is 17.7 Å². The van der Waals surface area contributed by atoms with Crippen molar-refractivity contribution < 1.29 is 14.6 Å². The fourth-order valence-electron chi connectivity index (χ4n) is 1.82. The fraction of sp³-hybridized carbons (Fsp3) is 0.417. The number of carboxylic acids is 1. The maximum atomic E-state index is 10.4. The number of ether oxygens (including phenoxy) is 1. The molecule has 0 bridgehead atoms. The molecule has 3 heteroatoms. The third-order valence-electron chi connectivity index (χ3n) is 2.67. The van der Waals surface area contributed by atoms with Crippen molar-refractivity contribution in [3.8, 4) is 0 Å². The van der Waals surface area contributed by atoms with E-state index in [0.717, 1.165) is 18.6 Å². The lowest BCUT2D eigenvalue weighted by molar-refractivity contribution is -0.136. The first-order chi connectivity index (χ1) is 7.25. The molecule has 15 heavy (non-hydrogen) atoms. The largest absolute Gasteiger partial charge is 0.481 e. The predicted molar refractivity (Wildman–Crippen MR) is 55.8 cm³/mol. The van der Waals surface area contributed by atoms with Crippen LogP contribution in [0.15, 0.2) is 18.2 Å². The van der Waals surface area contributed by atoms with Gasteiger partial charge < -0.3 is 9.84 Å². The Kier molecular flexibility index (Phi) is 3.02. The molecule has 1 N–H and O–H groups in total. The van der Waals surface area contributed by atoms with Gasteiger partial charge in [0.1, 0.15) is 0 Å². The van der Waals surface area contributed by atoms with Crippen molar-refractivity contribution in [3.63, 3.8) is 0 Å². The van der Waals surface area contributed by atoms with Crippen LogP contribution in [0, 0.1) is 0 Å². The van der Waals surface area contributed by atoms with Gasteiger partial charge in [-0.15, -0.1) is 0 Å². The van der Waals surface area contributed by atoms with Crippen molar-refractivity contribution in [1.29, 1.82) is 0 Å². The highest BCUT2D eigenvalue weighted by Gasteiger charge is 2.09. The molecule has 0 amide bonds. The number of aryl methyl sites for hydroxylation is 1. The van der Waals surface area contributed by atoms with Gasteiger partial charge in [0.15, 0.2) is 0 Å². The van der Waals surface area contributed by atoms with Gasteiger partial charge in [-0.2, -0.15) is 0 Å². The van der Waals surface area contributed by atoms with Crippen LogP contribution in [0.1, 0.15) is 23.1 Å². The van der Waals surface area contributed by atoms with E-state index >= 15 is 0 Å². The molecule has 80 valence electrons. The van der Waals surface area contributed by atoms with Crippen LogP contribution in [0.2, 0.25) is 0 Å². The minimum Gasteiger partial charge on any atom is -0.481 e. The van der Waals surface area contributed by atoms with Crippen molar-refractivity contribution in [1.82, 2.24) is 0 Å². The predicted octanol–water partition coefficient (Wildman–Crippen LogP) is 1.78. The van der Waals surface area contributed by atoms with Gasteiger partial charge in [0.2, 0.25) is 0 Å². The summed E-state index contributed by atoms with van der Waals surface area (Å²) in [6, 6.07) is 6.16. The van der Waals surface area contributed by atoms with E-state index in [2.05, 4.69) is 6.07 Å². The van der Waals surface area contributed by atoms with Crippen LogP contribution >= 0.6 is 0 Å². The summed E-state index contributed by atoms with van der Waals surface area (Å²) in [6.45, 7) is 1.46. The van der Waals surface area contributed by atoms with Gasteiger partial charge in [-0.3, -0.25) is 4.79 Å². The molecule has 3 nitrogen and oxygen atoms in total. The lowest BCUT2D eigenvalue weighted by atomic mass is 9.98. The molecule has 0 aromatic heterocycles. The Balaban J connectivity index is 2.10. The van der Waals surface area contributed by atoms with Crippen LogP contribution in [0.3, 0.4) is 0 Å². The molecule has 0 fully saturated rings. The minimum absolute atomic E-state index is 0.204. The topological polar surface area (TPSA) is 46.5 Å². The molecule has 1 aliphatic heterocycles. The minimum atomic E-state index is -0.740. The van der Waals surface area contributed by atoms with Gasteiger partial charge in [-0.05, 0) is 29.5 Å². The monoisotopic (exact) mass is 206 g/mol. The Hall–Kier alpha value is -1.35. The maximum Gasteiger partial charge on any atom is 0.303 e. The molecule has 0 atom stereocenters. The van der Waals surface area contributed by atoms with E-state index in [1.807, 2.05) is 12.1 Å². The molecule has 1 aromatic rings. The summed E-state index contributed by atoms with van der Waals surface area (Å²) in [7, 11) is 0. The molecule has 2 rings (SSSR count). The third kappa shape index (κ3) is 2.57. The van der Waals surface area contributed by atoms with Crippen LogP contribution in [0.25, 0.3) is 0 Å². The van der Waals surface area contributed by atoms with Crippen LogP contribution in [0.5, 0.6) is 0 Å². The Morgan fingerprint density at radius 2 is 2.27 bits per heavy atom. The van der Waals surface area contributed by atoms with Gasteiger partial charge in [-0.25, -0.2) is 0 Å². The number of carbonyl (C=O) groups is 1. The zero-order valence-corrected chi connectivity index (χ0v) is 8.53. The average molecular weight is 206 g/mol. The Morgan fingerprint density at radius 1 is 1.40 bits per heavy atom. The second kappa shape index (κ2) is 4.45. The summed E-state index contributed by atoms with van der Waals surface area (Å²) in [6.07, 6.45) is 1.76. The van der Waals surface area contributed by atoms with E-state index in [9.17, 15) is 4.79 Å². The number of carboxylic acid groups (broad SMARTS) is 1. The standard InChI is InChI=1S/C12H14O3/c13-12(14)4-2-9-1-3-11-8-15-6-5-10(11)7-9/h1,3,7H,2,4-6,8H2,(H,13,14). The number of benzene rings is 1. The molecule has 0 saturated carbocycles. The molecule has 1 aromatic carbocycles. The average Bonchev–Trinajstić information content (AvgIpc) is 2.26. The molecule has 0 saturated heterocycles. The van der Waals surface area contributed by atoms with E-state index in [0.29, 0.717) is 13.0 Å². The Bertz CT molecular complexity index is 371. The molecule has 0 spiro atoms. The Morgan fingerprint density at radius 3 is 3.07 bits per heavy atom. The second-order valence-electron chi connectivity index (χ2n) is 3.80. The van der Waals surface area contributed by atoms with E-state index in [1.165, 1.54) is 11.1 Å². The number of hydrogen-bond donors (Lipinski definition) is 1. The van der Waals surface area contributed by atoms with Gasteiger partial charge >= 0.3 is 5.97 Å². The summed E-state index contributed by atoms with van der Waals surface area (Å²) < 4.78 is 5.34. The highest BCUT2D eigenvalue weighted by Crippen LogP contribution is 2.18. The number of rotatable bonds is 3. The summed E-state index contributed by atoms with van der Waals surface area (Å²) in [5, 5.41) is 8.59. The van der Waals surface area contributed by atoms with Crippen molar-refractivity contribution in [3.05, 3.63) is 34.9 Å². The zero-order chi connectivity index (χ0) is 10.7. The van der Waals surface area contributed by atoms with Gasteiger partial charge in [0, 0.05) is 6.42 Å². The number of hydrogen-bond acceptors (Lipinski definition) is 2.